The summed E-state index contributed by atoms with van der Waals surface area (Å²) in [5.74, 6) is -0.145. The number of hydrogen-bond acceptors (Lipinski definition) is 3. The summed E-state index contributed by atoms with van der Waals surface area (Å²) < 4.78 is 40.4. The van der Waals surface area contributed by atoms with Crippen molar-refractivity contribution in [1.82, 2.24) is 0 Å². The van der Waals surface area contributed by atoms with E-state index in [-0.39, 0.29) is 24.1 Å². The molecule has 0 aromatic heterocycles. The van der Waals surface area contributed by atoms with E-state index in [1.54, 1.807) is 0 Å². The summed E-state index contributed by atoms with van der Waals surface area (Å²) in [6.45, 7) is 0.536. The lowest BCUT2D eigenvalue weighted by atomic mass is 10.1. The SMILES string of the molecule is CCC(N)CC(=O)Nc1ccc(OCC(F)(F)F)cc1. The average molecular weight is 290 g/mol. The molecule has 0 fully saturated rings. The second-order valence-corrected chi connectivity index (χ2v) is 4.35. The van der Waals surface area contributed by atoms with Crippen LogP contribution in [0.1, 0.15) is 19.8 Å². The van der Waals surface area contributed by atoms with Gasteiger partial charge in [0.15, 0.2) is 6.61 Å². The Balaban J connectivity index is 2.48. The van der Waals surface area contributed by atoms with E-state index in [0.717, 1.165) is 0 Å². The Morgan fingerprint density at radius 3 is 2.45 bits per heavy atom. The molecule has 1 atom stereocenters. The van der Waals surface area contributed by atoms with Crippen LogP contribution >= 0.6 is 0 Å². The van der Waals surface area contributed by atoms with Crippen molar-refractivity contribution in [3.8, 4) is 5.75 Å². The van der Waals surface area contributed by atoms with Gasteiger partial charge in [0.25, 0.3) is 0 Å². The first-order valence-electron chi connectivity index (χ1n) is 6.15. The monoisotopic (exact) mass is 290 g/mol. The molecule has 0 aliphatic heterocycles. The number of rotatable bonds is 6. The average Bonchev–Trinajstić information content (AvgIpc) is 2.36. The van der Waals surface area contributed by atoms with Gasteiger partial charge in [-0.25, -0.2) is 0 Å². The van der Waals surface area contributed by atoms with Crippen molar-refractivity contribution >= 4 is 11.6 Å². The fraction of sp³-hybridized carbons (Fsp3) is 0.462. The molecule has 0 aliphatic rings. The first-order valence-corrected chi connectivity index (χ1v) is 6.15. The fourth-order valence-corrected chi connectivity index (χ4v) is 1.39. The minimum Gasteiger partial charge on any atom is -0.484 e. The molecule has 1 amide bonds. The zero-order chi connectivity index (χ0) is 15.2. The Kier molecular flexibility index (Phi) is 5.82. The van der Waals surface area contributed by atoms with Crippen LogP contribution in [0, 0.1) is 0 Å². The van der Waals surface area contributed by atoms with Gasteiger partial charge in [0, 0.05) is 18.2 Å². The minimum atomic E-state index is -4.37. The van der Waals surface area contributed by atoms with E-state index in [4.69, 9.17) is 5.73 Å². The van der Waals surface area contributed by atoms with Gasteiger partial charge in [-0.15, -0.1) is 0 Å². The molecule has 1 rings (SSSR count). The lowest BCUT2D eigenvalue weighted by Gasteiger charge is -2.11. The highest BCUT2D eigenvalue weighted by atomic mass is 19.4. The summed E-state index contributed by atoms with van der Waals surface area (Å²) in [4.78, 5) is 11.6. The summed E-state index contributed by atoms with van der Waals surface area (Å²) in [6, 6.07) is 5.47. The Bertz CT molecular complexity index is 432. The predicted molar refractivity (Wildman–Crippen MR) is 69.5 cm³/mol. The van der Waals surface area contributed by atoms with Crippen molar-refractivity contribution in [3.63, 3.8) is 0 Å². The molecule has 20 heavy (non-hydrogen) atoms. The third-order valence-electron chi connectivity index (χ3n) is 2.51. The zero-order valence-corrected chi connectivity index (χ0v) is 11.0. The van der Waals surface area contributed by atoms with Crippen molar-refractivity contribution in [3.05, 3.63) is 24.3 Å². The molecule has 0 spiro atoms. The summed E-state index contributed by atoms with van der Waals surface area (Å²) >= 11 is 0. The van der Waals surface area contributed by atoms with Gasteiger partial charge in [0.1, 0.15) is 5.75 Å². The fourth-order valence-electron chi connectivity index (χ4n) is 1.39. The molecule has 0 aliphatic carbocycles. The first-order chi connectivity index (χ1) is 9.30. The lowest BCUT2D eigenvalue weighted by Crippen LogP contribution is -2.26. The predicted octanol–water partition coefficient (Wildman–Crippen LogP) is 2.69. The molecule has 0 radical (unpaired) electrons. The Morgan fingerprint density at radius 1 is 1.35 bits per heavy atom. The van der Waals surface area contributed by atoms with Crippen LogP contribution in [0.2, 0.25) is 0 Å². The van der Waals surface area contributed by atoms with Crippen LogP contribution in [0.5, 0.6) is 5.75 Å². The highest BCUT2D eigenvalue weighted by Gasteiger charge is 2.28. The van der Waals surface area contributed by atoms with Gasteiger partial charge < -0.3 is 15.8 Å². The molecule has 7 heteroatoms. The number of nitrogens with two attached hydrogens (primary N) is 1. The van der Waals surface area contributed by atoms with Gasteiger partial charge in [0.05, 0.1) is 0 Å². The standard InChI is InChI=1S/C13H17F3N2O2/c1-2-9(17)7-12(19)18-10-3-5-11(6-4-10)20-8-13(14,15)16/h3-6,9H,2,7-8,17H2,1H3,(H,18,19). The molecule has 3 N–H and O–H groups in total. The Hall–Kier alpha value is -1.76. The molecule has 112 valence electrons. The highest BCUT2D eigenvalue weighted by molar-refractivity contribution is 5.91. The van der Waals surface area contributed by atoms with Crippen LogP contribution in [0.25, 0.3) is 0 Å². The van der Waals surface area contributed by atoms with Gasteiger partial charge in [-0.1, -0.05) is 6.92 Å². The van der Waals surface area contributed by atoms with E-state index in [1.807, 2.05) is 6.92 Å². The smallest absolute Gasteiger partial charge is 0.422 e. The van der Waals surface area contributed by atoms with E-state index >= 15 is 0 Å². The maximum absolute atomic E-state index is 12.0. The van der Waals surface area contributed by atoms with E-state index in [9.17, 15) is 18.0 Å². The van der Waals surface area contributed by atoms with Crippen LogP contribution in [0.15, 0.2) is 24.3 Å². The van der Waals surface area contributed by atoms with Crippen molar-refractivity contribution in [2.75, 3.05) is 11.9 Å². The normalized spacial score (nSPS) is 12.8. The van der Waals surface area contributed by atoms with Crippen molar-refractivity contribution < 1.29 is 22.7 Å². The number of benzene rings is 1. The number of carbonyl (C=O) groups excluding carboxylic acids is 1. The number of anilines is 1. The van der Waals surface area contributed by atoms with Crippen LogP contribution in [-0.4, -0.2) is 24.7 Å². The highest BCUT2D eigenvalue weighted by Crippen LogP contribution is 2.20. The quantitative estimate of drug-likeness (QED) is 0.846. The van der Waals surface area contributed by atoms with E-state index < -0.39 is 12.8 Å². The van der Waals surface area contributed by atoms with Crippen LogP contribution < -0.4 is 15.8 Å². The molecule has 1 unspecified atom stereocenters. The van der Waals surface area contributed by atoms with Gasteiger partial charge in [-0.05, 0) is 30.7 Å². The maximum atomic E-state index is 12.0. The van der Waals surface area contributed by atoms with E-state index in [1.165, 1.54) is 24.3 Å². The second kappa shape index (κ2) is 7.14. The number of carbonyl (C=O) groups is 1. The second-order valence-electron chi connectivity index (χ2n) is 4.35. The third kappa shape index (κ3) is 6.42. The van der Waals surface area contributed by atoms with Gasteiger partial charge >= 0.3 is 6.18 Å². The third-order valence-corrected chi connectivity index (χ3v) is 2.51. The van der Waals surface area contributed by atoms with Crippen molar-refractivity contribution in [1.29, 1.82) is 0 Å². The summed E-state index contributed by atoms with van der Waals surface area (Å²) in [7, 11) is 0. The van der Waals surface area contributed by atoms with Crippen LogP contribution in [0.4, 0.5) is 18.9 Å². The number of nitrogens with one attached hydrogen (secondary N) is 1. The Labute approximate surface area is 115 Å². The lowest BCUT2D eigenvalue weighted by molar-refractivity contribution is -0.153. The van der Waals surface area contributed by atoms with E-state index in [2.05, 4.69) is 10.1 Å². The first kappa shape index (κ1) is 16.3. The van der Waals surface area contributed by atoms with E-state index in [0.29, 0.717) is 12.1 Å². The molecule has 1 aromatic carbocycles. The number of hydrogen-bond donors (Lipinski definition) is 2. The van der Waals surface area contributed by atoms with Crippen LogP contribution in [0.3, 0.4) is 0 Å². The van der Waals surface area contributed by atoms with Gasteiger partial charge in [-0.2, -0.15) is 13.2 Å². The molecule has 4 nitrogen and oxygen atoms in total. The van der Waals surface area contributed by atoms with Gasteiger partial charge in [0.2, 0.25) is 5.91 Å². The summed E-state index contributed by atoms with van der Waals surface area (Å²) in [5, 5.41) is 2.61. The largest absolute Gasteiger partial charge is 0.484 e. The molecule has 0 heterocycles. The van der Waals surface area contributed by atoms with Crippen LogP contribution in [-0.2, 0) is 4.79 Å². The van der Waals surface area contributed by atoms with Gasteiger partial charge in [-0.3, -0.25) is 4.79 Å². The summed E-state index contributed by atoms with van der Waals surface area (Å²) in [5.41, 5.74) is 6.13. The van der Waals surface area contributed by atoms with Crippen molar-refractivity contribution in [2.24, 2.45) is 5.73 Å². The number of amides is 1. The Morgan fingerprint density at radius 2 is 1.95 bits per heavy atom. The minimum absolute atomic E-state index is 0.0885. The summed E-state index contributed by atoms with van der Waals surface area (Å²) in [6.07, 6.45) is -3.48. The molecule has 0 bridgehead atoms. The number of halogens is 3. The van der Waals surface area contributed by atoms with Crippen molar-refractivity contribution in [2.45, 2.75) is 32.0 Å². The molecule has 0 saturated heterocycles. The maximum Gasteiger partial charge on any atom is 0.422 e. The molecular weight excluding hydrogens is 273 g/mol. The molecule has 0 saturated carbocycles. The number of alkyl halides is 3. The molecular formula is C13H17F3N2O2. The molecule has 1 aromatic rings. The zero-order valence-electron chi connectivity index (χ0n) is 11.0. The topological polar surface area (TPSA) is 64.4 Å². The number of ether oxygens (including phenoxy) is 1.